The lowest BCUT2D eigenvalue weighted by molar-refractivity contribution is -0.127. The van der Waals surface area contributed by atoms with Gasteiger partial charge in [0.15, 0.2) is 0 Å². The number of aromatic amines is 1. The van der Waals surface area contributed by atoms with Gasteiger partial charge in [-0.2, -0.15) is 5.26 Å². The monoisotopic (exact) mass is 465 g/mol. The fourth-order valence-electron chi connectivity index (χ4n) is 4.76. The standard InChI is InChI=1S/C28H27N5O2/c1-19-17-32(28(35)21(9-12-29)15-20-5-3-2-4-6-20)14-11-23(19)25-16-26(33(18-34)22-7-8-22)31-27-24(25)10-13-30-27/h2-6,10-11,13,15-16,18-19,22H,7-9,14,17H2,1H3,(H,30,31)/t19-/m1/s1. The molecular formula is C28H27N5O2. The van der Waals surface area contributed by atoms with Crippen LogP contribution in [0.4, 0.5) is 5.82 Å². The molecule has 0 bridgehead atoms. The number of amides is 2. The molecule has 0 unspecified atom stereocenters. The molecule has 5 rings (SSSR count). The van der Waals surface area contributed by atoms with Crippen LogP contribution in [0.25, 0.3) is 22.7 Å². The summed E-state index contributed by atoms with van der Waals surface area (Å²) in [5, 5.41) is 10.3. The maximum Gasteiger partial charge on any atom is 0.251 e. The number of hydrogen-bond donors (Lipinski definition) is 1. The second-order valence-electron chi connectivity index (χ2n) is 9.20. The lowest BCUT2D eigenvalue weighted by Crippen LogP contribution is -2.39. The van der Waals surface area contributed by atoms with Gasteiger partial charge in [0, 0.05) is 36.3 Å². The van der Waals surface area contributed by atoms with Crippen LogP contribution >= 0.6 is 0 Å². The molecule has 7 nitrogen and oxygen atoms in total. The van der Waals surface area contributed by atoms with E-state index in [0.717, 1.165) is 47.0 Å². The number of pyridine rings is 1. The molecule has 1 aliphatic heterocycles. The number of nitrogens with one attached hydrogen (secondary N) is 1. The van der Waals surface area contributed by atoms with E-state index in [-0.39, 0.29) is 24.3 Å². The van der Waals surface area contributed by atoms with Crippen molar-refractivity contribution < 1.29 is 9.59 Å². The molecule has 7 heteroatoms. The van der Waals surface area contributed by atoms with E-state index in [0.29, 0.717) is 24.5 Å². The fourth-order valence-corrected chi connectivity index (χ4v) is 4.76. The Labute approximate surface area is 204 Å². The number of carbonyl (C=O) groups is 2. The molecule has 1 aromatic carbocycles. The van der Waals surface area contributed by atoms with Gasteiger partial charge in [-0.25, -0.2) is 4.98 Å². The molecule has 1 aliphatic carbocycles. The fraction of sp³-hybridized carbons (Fsp3) is 0.286. The first-order chi connectivity index (χ1) is 17.1. The summed E-state index contributed by atoms with van der Waals surface area (Å²) in [7, 11) is 0. The van der Waals surface area contributed by atoms with E-state index >= 15 is 0 Å². The third-order valence-electron chi connectivity index (χ3n) is 6.67. The molecule has 1 saturated carbocycles. The van der Waals surface area contributed by atoms with Crippen LogP contribution in [-0.4, -0.2) is 46.3 Å². The van der Waals surface area contributed by atoms with Crippen LogP contribution in [0.2, 0.25) is 0 Å². The Morgan fingerprint density at radius 1 is 1.29 bits per heavy atom. The summed E-state index contributed by atoms with van der Waals surface area (Å²) in [4.78, 5) is 36.5. The van der Waals surface area contributed by atoms with Crippen LogP contribution < -0.4 is 4.90 Å². The third kappa shape index (κ3) is 4.60. The molecular weight excluding hydrogens is 438 g/mol. The average molecular weight is 466 g/mol. The van der Waals surface area contributed by atoms with E-state index in [2.05, 4.69) is 29.0 Å². The molecule has 2 amide bonds. The van der Waals surface area contributed by atoms with Crippen molar-refractivity contribution in [2.45, 2.75) is 32.2 Å². The summed E-state index contributed by atoms with van der Waals surface area (Å²) in [6.07, 6.45) is 8.68. The van der Waals surface area contributed by atoms with Crippen LogP contribution in [0.5, 0.6) is 0 Å². The van der Waals surface area contributed by atoms with Gasteiger partial charge in [-0.1, -0.05) is 43.3 Å². The summed E-state index contributed by atoms with van der Waals surface area (Å²) in [6, 6.07) is 16.0. The summed E-state index contributed by atoms with van der Waals surface area (Å²) in [6.45, 7) is 3.11. The van der Waals surface area contributed by atoms with Gasteiger partial charge in [-0.15, -0.1) is 0 Å². The van der Waals surface area contributed by atoms with Crippen molar-refractivity contribution in [3.05, 3.63) is 71.4 Å². The Balaban J connectivity index is 1.44. The van der Waals surface area contributed by atoms with E-state index in [4.69, 9.17) is 0 Å². The van der Waals surface area contributed by atoms with Gasteiger partial charge in [0.2, 0.25) is 6.41 Å². The number of H-pyrrole nitrogens is 1. The van der Waals surface area contributed by atoms with Crippen molar-refractivity contribution in [3.8, 4) is 6.07 Å². The number of anilines is 1. The minimum atomic E-state index is -0.111. The summed E-state index contributed by atoms with van der Waals surface area (Å²) < 4.78 is 0. The Morgan fingerprint density at radius 3 is 2.77 bits per heavy atom. The lowest BCUT2D eigenvalue weighted by atomic mass is 9.89. The van der Waals surface area contributed by atoms with Gasteiger partial charge in [0.05, 0.1) is 12.5 Å². The number of nitriles is 1. The number of fused-ring (bicyclic) bond motifs is 1. The van der Waals surface area contributed by atoms with E-state index in [1.54, 1.807) is 15.9 Å². The Kier molecular flexibility index (Phi) is 6.19. The van der Waals surface area contributed by atoms with E-state index < -0.39 is 0 Å². The highest BCUT2D eigenvalue weighted by atomic mass is 16.2. The molecule has 1 atom stereocenters. The molecule has 0 spiro atoms. The van der Waals surface area contributed by atoms with Crippen molar-refractivity contribution in [1.29, 1.82) is 5.26 Å². The van der Waals surface area contributed by atoms with Crippen molar-refractivity contribution in [2.75, 3.05) is 18.0 Å². The van der Waals surface area contributed by atoms with E-state index in [1.165, 1.54) is 0 Å². The zero-order valence-electron chi connectivity index (χ0n) is 19.6. The van der Waals surface area contributed by atoms with Gasteiger partial charge < -0.3 is 9.88 Å². The minimum Gasteiger partial charge on any atom is -0.346 e. The maximum absolute atomic E-state index is 13.3. The number of nitrogens with zero attached hydrogens (tertiary/aromatic N) is 4. The lowest BCUT2D eigenvalue weighted by Gasteiger charge is -2.32. The zero-order chi connectivity index (χ0) is 24.4. The predicted octanol–water partition coefficient (Wildman–Crippen LogP) is 4.55. The second kappa shape index (κ2) is 9.59. The molecule has 176 valence electrons. The highest BCUT2D eigenvalue weighted by Crippen LogP contribution is 2.37. The smallest absolute Gasteiger partial charge is 0.251 e. The first-order valence-electron chi connectivity index (χ1n) is 11.9. The molecule has 0 radical (unpaired) electrons. The second-order valence-corrected chi connectivity index (χ2v) is 9.20. The Morgan fingerprint density at radius 2 is 2.09 bits per heavy atom. The van der Waals surface area contributed by atoms with Crippen LogP contribution in [0.3, 0.4) is 0 Å². The predicted molar refractivity (Wildman–Crippen MR) is 136 cm³/mol. The maximum atomic E-state index is 13.3. The van der Waals surface area contributed by atoms with Gasteiger partial charge in [0.25, 0.3) is 5.91 Å². The van der Waals surface area contributed by atoms with Crippen LogP contribution in [0.1, 0.15) is 37.3 Å². The first kappa shape index (κ1) is 22.6. The van der Waals surface area contributed by atoms with Crippen molar-refractivity contribution in [3.63, 3.8) is 0 Å². The number of rotatable bonds is 7. The van der Waals surface area contributed by atoms with Gasteiger partial charge >= 0.3 is 0 Å². The SMILES string of the molecule is C[C@@H]1CN(C(=O)C(=Cc2ccccc2)CC#N)CC=C1c1cc(N(C=O)C2CC2)nc2[nH]ccc12. The molecule has 35 heavy (non-hydrogen) atoms. The third-order valence-corrected chi connectivity index (χ3v) is 6.67. The Bertz CT molecular complexity index is 1360. The highest BCUT2D eigenvalue weighted by molar-refractivity contribution is 5.99. The normalized spacial score (nSPS) is 18.2. The molecule has 1 N–H and O–H groups in total. The van der Waals surface area contributed by atoms with Crippen LogP contribution in [-0.2, 0) is 9.59 Å². The highest BCUT2D eigenvalue weighted by Gasteiger charge is 2.32. The van der Waals surface area contributed by atoms with Gasteiger partial charge in [0.1, 0.15) is 11.5 Å². The van der Waals surface area contributed by atoms with E-state index in [9.17, 15) is 14.9 Å². The van der Waals surface area contributed by atoms with E-state index in [1.807, 2.05) is 48.7 Å². The van der Waals surface area contributed by atoms with Crippen LogP contribution in [0.15, 0.2) is 60.3 Å². The van der Waals surface area contributed by atoms with Crippen molar-refractivity contribution >= 4 is 40.8 Å². The molecule has 2 aromatic heterocycles. The van der Waals surface area contributed by atoms with Crippen molar-refractivity contribution in [2.24, 2.45) is 5.92 Å². The summed E-state index contributed by atoms with van der Waals surface area (Å²) in [5.74, 6) is 0.619. The molecule has 3 heterocycles. The molecule has 0 saturated heterocycles. The number of aromatic nitrogens is 2. The topological polar surface area (TPSA) is 93.1 Å². The Hall–Kier alpha value is -4.18. The largest absolute Gasteiger partial charge is 0.346 e. The zero-order valence-corrected chi connectivity index (χ0v) is 19.6. The number of hydrogen-bond acceptors (Lipinski definition) is 4. The minimum absolute atomic E-state index is 0.0650. The molecule has 1 fully saturated rings. The average Bonchev–Trinajstić information content (AvgIpc) is 3.59. The number of benzene rings is 1. The summed E-state index contributed by atoms with van der Waals surface area (Å²) in [5.41, 5.74) is 4.32. The quantitative estimate of drug-likeness (QED) is 0.409. The van der Waals surface area contributed by atoms with Gasteiger partial charge in [-0.3, -0.25) is 14.5 Å². The molecule has 3 aromatic rings. The number of carbonyl (C=O) groups excluding carboxylic acids is 2. The van der Waals surface area contributed by atoms with Crippen LogP contribution in [0, 0.1) is 17.2 Å². The van der Waals surface area contributed by atoms with Crippen molar-refractivity contribution in [1.82, 2.24) is 14.9 Å². The van der Waals surface area contributed by atoms with Gasteiger partial charge in [-0.05, 0) is 53.7 Å². The first-order valence-corrected chi connectivity index (χ1v) is 11.9. The summed E-state index contributed by atoms with van der Waals surface area (Å²) >= 11 is 0. The molecule has 2 aliphatic rings.